The minimum absolute atomic E-state index is 0.208. The van der Waals surface area contributed by atoms with Gasteiger partial charge in [-0.1, -0.05) is 30.3 Å². The van der Waals surface area contributed by atoms with E-state index >= 15 is 0 Å². The highest BCUT2D eigenvalue weighted by atomic mass is 16.5. The first-order chi connectivity index (χ1) is 7.24. The lowest BCUT2D eigenvalue weighted by Gasteiger charge is -2.15. The van der Waals surface area contributed by atoms with Gasteiger partial charge in [-0.05, 0) is 12.0 Å². The van der Waals surface area contributed by atoms with Crippen molar-refractivity contribution in [2.45, 2.75) is 18.4 Å². The Morgan fingerprint density at radius 2 is 2.13 bits per heavy atom. The Morgan fingerprint density at radius 1 is 1.47 bits per heavy atom. The van der Waals surface area contributed by atoms with Crippen LogP contribution in [0.2, 0.25) is 0 Å². The third kappa shape index (κ3) is 1.94. The molecule has 80 valence electrons. The maximum Gasteiger partial charge on any atom is 0.341 e. The summed E-state index contributed by atoms with van der Waals surface area (Å²) in [7, 11) is 1.69. The van der Waals surface area contributed by atoms with Gasteiger partial charge in [-0.2, -0.15) is 0 Å². The molecule has 1 aromatic rings. The SMILES string of the molecule is CN(C(=O)NO)C1CC1c1ccccc1. The van der Waals surface area contributed by atoms with E-state index in [0.29, 0.717) is 5.92 Å². The van der Waals surface area contributed by atoms with Gasteiger partial charge < -0.3 is 4.90 Å². The summed E-state index contributed by atoms with van der Waals surface area (Å²) in [5.74, 6) is 0.411. The van der Waals surface area contributed by atoms with Crippen molar-refractivity contribution < 1.29 is 10.0 Å². The number of hydrogen-bond acceptors (Lipinski definition) is 2. The molecule has 0 saturated heterocycles. The molecule has 1 aliphatic rings. The number of hydroxylamine groups is 1. The van der Waals surface area contributed by atoms with Crippen LogP contribution in [0.25, 0.3) is 0 Å². The summed E-state index contributed by atoms with van der Waals surface area (Å²) >= 11 is 0. The molecule has 1 fully saturated rings. The third-order valence-electron chi connectivity index (χ3n) is 2.90. The van der Waals surface area contributed by atoms with Gasteiger partial charge in [0.15, 0.2) is 0 Å². The second-order valence-corrected chi connectivity index (χ2v) is 3.85. The molecule has 1 aliphatic carbocycles. The fourth-order valence-corrected chi connectivity index (χ4v) is 1.90. The largest absolute Gasteiger partial charge is 0.341 e. The number of nitrogens with one attached hydrogen (secondary N) is 1. The van der Waals surface area contributed by atoms with Gasteiger partial charge in [0.2, 0.25) is 0 Å². The number of benzene rings is 1. The standard InChI is InChI=1S/C11H14N2O2/c1-13(11(14)12-15)10-7-9(10)8-5-3-2-4-6-8/h2-6,9-10,15H,7H2,1H3,(H,12,14). The van der Waals surface area contributed by atoms with E-state index in [1.54, 1.807) is 12.5 Å². The van der Waals surface area contributed by atoms with Crippen LogP contribution in [0.1, 0.15) is 17.9 Å². The average molecular weight is 206 g/mol. The molecule has 2 rings (SSSR count). The minimum Gasteiger partial charge on any atom is -0.322 e. The van der Waals surface area contributed by atoms with Gasteiger partial charge in [-0.15, -0.1) is 0 Å². The summed E-state index contributed by atoms with van der Waals surface area (Å²) < 4.78 is 0. The van der Waals surface area contributed by atoms with Gasteiger partial charge in [0.1, 0.15) is 0 Å². The monoisotopic (exact) mass is 206 g/mol. The molecule has 0 aromatic heterocycles. The molecule has 4 nitrogen and oxygen atoms in total. The molecule has 15 heavy (non-hydrogen) atoms. The van der Waals surface area contributed by atoms with Crippen molar-refractivity contribution in [3.05, 3.63) is 35.9 Å². The molecule has 1 saturated carbocycles. The molecular formula is C11H14N2O2. The van der Waals surface area contributed by atoms with Gasteiger partial charge in [0, 0.05) is 19.0 Å². The van der Waals surface area contributed by atoms with Gasteiger partial charge in [0.25, 0.3) is 0 Å². The summed E-state index contributed by atoms with van der Waals surface area (Å²) in [4.78, 5) is 12.7. The van der Waals surface area contributed by atoms with Crippen LogP contribution in [0.5, 0.6) is 0 Å². The maximum absolute atomic E-state index is 11.1. The Hall–Kier alpha value is -1.55. The Balaban J connectivity index is 1.99. The molecule has 2 N–H and O–H groups in total. The van der Waals surface area contributed by atoms with Crippen LogP contribution in [0, 0.1) is 0 Å². The quantitative estimate of drug-likeness (QED) is 0.570. The highest BCUT2D eigenvalue weighted by molar-refractivity contribution is 5.73. The number of hydrogen-bond donors (Lipinski definition) is 2. The van der Waals surface area contributed by atoms with E-state index in [1.165, 1.54) is 10.5 Å². The first-order valence-electron chi connectivity index (χ1n) is 4.96. The van der Waals surface area contributed by atoms with Crippen LogP contribution in [-0.4, -0.2) is 29.2 Å². The fourth-order valence-electron chi connectivity index (χ4n) is 1.90. The van der Waals surface area contributed by atoms with Crippen molar-refractivity contribution >= 4 is 6.03 Å². The molecule has 2 unspecified atom stereocenters. The summed E-state index contributed by atoms with van der Waals surface area (Å²) in [6.45, 7) is 0. The summed E-state index contributed by atoms with van der Waals surface area (Å²) in [5, 5.41) is 8.50. The smallest absolute Gasteiger partial charge is 0.322 e. The molecule has 2 amide bonds. The maximum atomic E-state index is 11.1. The van der Waals surface area contributed by atoms with Gasteiger partial charge in [0.05, 0.1) is 0 Å². The van der Waals surface area contributed by atoms with Crippen LogP contribution in [0.3, 0.4) is 0 Å². The number of carbonyl (C=O) groups is 1. The zero-order chi connectivity index (χ0) is 10.8. The van der Waals surface area contributed by atoms with E-state index in [4.69, 9.17) is 5.21 Å². The molecule has 0 heterocycles. The minimum atomic E-state index is -0.446. The van der Waals surface area contributed by atoms with E-state index in [9.17, 15) is 4.79 Å². The van der Waals surface area contributed by atoms with Crippen LogP contribution in [-0.2, 0) is 0 Å². The second-order valence-electron chi connectivity index (χ2n) is 3.85. The zero-order valence-electron chi connectivity index (χ0n) is 8.55. The van der Waals surface area contributed by atoms with Crippen LogP contribution in [0.15, 0.2) is 30.3 Å². The molecule has 4 heteroatoms. The number of urea groups is 1. The summed E-state index contributed by atoms with van der Waals surface area (Å²) in [6, 6.07) is 9.86. The molecule has 0 aliphatic heterocycles. The van der Waals surface area contributed by atoms with E-state index in [2.05, 4.69) is 12.1 Å². The second kappa shape index (κ2) is 3.90. The Bertz CT molecular complexity index is 353. The fraction of sp³-hybridized carbons (Fsp3) is 0.364. The van der Waals surface area contributed by atoms with E-state index in [0.717, 1.165) is 6.42 Å². The predicted octanol–water partition coefficient (Wildman–Crippen LogP) is 1.57. The van der Waals surface area contributed by atoms with Crippen LogP contribution < -0.4 is 5.48 Å². The first-order valence-corrected chi connectivity index (χ1v) is 4.96. The van der Waals surface area contributed by atoms with Crippen molar-refractivity contribution in [3.8, 4) is 0 Å². The number of likely N-dealkylation sites (N-methyl/N-ethyl adjacent to an activating group) is 1. The molecule has 0 spiro atoms. The number of nitrogens with zero attached hydrogens (tertiary/aromatic N) is 1. The molecule has 2 atom stereocenters. The van der Waals surface area contributed by atoms with Gasteiger partial charge in [-0.25, -0.2) is 10.3 Å². The van der Waals surface area contributed by atoms with Crippen molar-refractivity contribution in [2.75, 3.05) is 7.05 Å². The Labute approximate surface area is 88.5 Å². The highest BCUT2D eigenvalue weighted by Crippen LogP contribution is 2.43. The topological polar surface area (TPSA) is 52.6 Å². The average Bonchev–Trinajstić information content (AvgIpc) is 3.08. The number of rotatable bonds is 2. The summed E-state index contributed by atoms with van der Waals surface area (Å²) in [5.41, 5.74) is 2.90. The predicted molar refractivity (Wildman–Crippen MR) is 55.7 cm³/mol. The Kier molecular flexibility index (Phi) is 2.60. The lowest BCUT2D eigenvalue weighted by Crippen LogP contribution is -2.37. The van der Waals surface area contributed by atoms with E-state index in [1.807, 2.05) is 18.2 Å². The molecule has 1 aromatic carbocycles. The molecule has 0 radical (unpaired) electrons. The van der Waals surface area contributed by atoms with Crippen molar-refractivity contribution in [1.29, 1.82) is 0 Å². The van der Waals surface area contributed by atoms with E-state index in [-0.39, 0.29) is 6.04 Å². The lowest BCUT2D eigenvalue weighted by molar-refractivity contribution is 0.134. The normalized spacial score (nSPS) is 23.3. The van der Waals surface area contributed by atoms with Gasteiger partial charge in [-0.3, -0.25) is 5.21 Å². The number of amides is 2. The first kappa shape index (κ1) is 9.98. The third-order valence-corrected chi connectivity index (χ3v) is 2.90. The van der Waals surface area contributed by atoms with Gasteiger partial charge >= 0.3 is 6.03 Å². The Morgan fingerprint density at radius 3 is 2.73 bits per heavy atom. The van der Waals surface area contributed by atoms with Crippen molar-refractivity contribution in [2.24, 2.45) is 0 Å². The molecule has 0 bridgehead atoms. The van der Waals surface area contributed by atoms with Crippen LogP contribution >= 0.6 is 0 Å². The van der Waals surface area contributed by atoms with Crippen molar-refractivity contribution in [1.82, 2.24) is 10.4 Å². The van der Waals surface area contributed by atoms with E-state index < -0.39 is 6.03 Å². The number of carbonyl (C=O) groups excluding carboxylic acids is 1. The van der Waals surface area contributed by atoms with Crippen LogP contribution in [0.4, 0.5) is 4.79 Å². The van der Waals surface area contributed by atoms with Crippen molar-refractivity contribution in [3.63, 3.8) is 0 Å². The lowest BCUT2D eigenvalue weighted by atomic mass is 10.1. The summed E-state index contributed by atoms with van der Waals surface area (Å²) in [6.07, 6.45) is 0.966. The molecular weight excluding hydrogens is 192 g/mol. The zero-order valence-corrected chi connectivity index (χ0v) is 8.55. The highest BCUT2D eigenvalue weighted by Gasteiger charge is 2.43.